The fraction of sp³-hybridized carbons (Fsp3) is 0.611. The van der Waals surface area contributed by atoms with Gasteiger partial charge in [-0.1, -0.05) is 17.7 Å². The van der Waals surface area contributed by atoms with E-state index < -0.39 is 0 Å². The van der Waals surface area contributed by atoms with E-state index in [0.717, 1.165) is 35.4 Å². The Morgan fingerprint density at radius 2 is 1.76 bits per heavy atom. The maximum absolute atomic E-state index is 12.9. The molecule has 0 N–H and O–H groups in total. The van der Waals surface area contributed by atoms with Crippen LogP contribution in [0.4, 0.5) is 0 Å². The van der Waals surface area contributed by atoms with Gasteiger partial charge in [0.15, 0.2) is 0 Å². The van der Waals surface area contributed by atoms with Crippen molar-refractivity contribution in [1.29, 1.82) is 0 Å². The molecule has 2 aliphatic heterocycles. The van der Waals surface area contributed by atoms with E-state index in [9.17, 15) is 4.79 Å². The van der Waals surface area contributed by atoms with Crippen LogP contribution in [0.1, 0.15) is 48.0 Å². The molecule has 2 atom stereocenters. The third-order valence-electron chi connectivity index (χ3n) is 5.79. The summed E-state index contributed by atoms with van der Waals surface area (Å²) < 4.78 is 0. The summed E-state index contributed by atoms with van der Waals surface area (Å²) in [6, 6.07) is 6.19. The Labute approximate surface area is 131 Å². The lowest BCUT2D eigenvalue weighted by molar-refractivity contribution is 0.0632. The molecule has 112 valence electrons. The zero-order valence-electron chi connectivity index (χ0n) is 12.5. The molecule has 2 saturated heterocycles. The summed E-state index contributed by atoms with van der Waals surface area (Å²) in [5, 5.41) is 0.696. The normalized spacial score (nSPS) is 34.1. The van der Waals surface area contributed by atoms with Gasteiger partial charge in [-0.15, -0.1) is 0 Å². The largest absolute Gasteiger partial charge is 0.335 e. The first kappa shape index (κ1) is 13.6. The molecule has 1 aromatic rings. The number of rotatable bonds is 1. The number of fused-ring (bicyclic) bond motifs is 1. The minimum atomic E-state index is 0.190. The Balaban J connectivity index is 1.63. The first-order chi connectivity index (χ1) is 10.1. The first-order valence-electron chi connectivity index (χ1n) is 8.17. The van der Waals surface area contributed by atoms with Gasteiger partial charge in [-0.05, 0) is 74.5 Å². The number of nitrogens with zero attached hydrogens (tertiary/aromatic N) is 1. The Hall–Kier alpha value is -1.02. The molecular weight excluding hydrogens is 282 g/mol. The van der Waals surface area contributed by atoms with Gasteiger partial charge < -0.3 is 4.90 Å². The van der Waals surface area contributed by atoms with Crippen LogP contribution in [0.25, 0.3) is 0 Å². The van der Waals surface area contributed by atoms with Crippen molar-refractivity contribution in [3.8, 4) is 0 Å². The van der Waals surface area contributed by atoms with Crippen molar-refractivity contribution in [2.24, 2.45) is 17.8 Å². The molecule has 2 nitrogen and oxygen atoms in total. The molecule has 4 aliphatic rings. The van der Waals surface area contributed by atoms with Gasteiger partial charge in [0.05, 0.1) is 0 Å². The minimum absolute atomic E-state index is 0.190. The van der Waals surface area contributed by atoms with Gasteiger partial charge in [-0.2, -0.15) is 0 Å². The zero-order chi connectivity index (χ0) is 14.6. The van der Waals surface area contributed by atoms with Gasteiger partial charge in [0.25, 0.3) is 5.91 Å². The van der Waals surface area contributed by atoms with Crippen LogP contribution in [0.15, 0.2) is 18.2 Å². The maximum Gasteiger partial charge on any atom is 0.254 e. The molecule has 0 spiro atoms. The fourth-order valence-corrected chi connectivity index (χ4v) is 5.11. The van der Waals surface area contributed by atoms with Crippen LogP contribution in [-0.4, -0.2) is 23.4 Å². The number of halogens is 1. The van der Waals surface area contributed by atoms with Crippen LogP contribution in [0.2, 0.25) is 5.02 Å². The number of hydrogen-bond donors (Lipinski definition) is 0. The fourth-order valence-electron chi connectivity index (χ4n) is 4.92. The van der Waals surface area contributed by atoms with Crippen LogP contribution in [0.3, 0.4) is 0 Å². The van der Waals surface area contributed by atoms with E-state index in [1.165, 1.54) is 32.1 Å². The van der Waals surface area contributed by atoms with Gasteiger partial charge in [0, 0.05) is 23.2 Å². The quantitative estimate of drug-likeness (QED) is 0.757. The summed E-state index contributed by atoms with van der Waals surface area (Å²) in [4.78, 5) is 15.1. The molecule has 0 aromatic heterocycles. The Morgan fingerprint density at radius 1 is 1.10 bits per heavy atom. The molecule has 21 heavy (non-hydrogen) atoms. The summed E-state index contributed by atoms with van der Waals surface area (Å²) >= 11 is 6.20. The Kier molecular flexibility index (Phi) is 3.25. The molecule has 5 rings (SSSR count). The monoisotopic (exact) mass is 303 g/mol. The van der Waals surface area contributed by atoms with Gasteiger partial charge >= 0.3 is 0 Å². The topological polar surface area (TPSA) is 20.3 Å². The predicted octanol–water partition coefficient (Wildman–Crippen LogP) is 4.30. The van der Waals surface area contributed by atoms with Crippen molar-refractivity contribution in [3.63, 3.8) is 0 Å². The zero-order valence-corrected chi connectivity index (χ0v) is 13.3. The van der Waals surface area contributed by atoms with Crippen LogP contribution in [0, 0.1) is 24.7 Å². The minimum Gasteiger partial charge on any atom is -0.335 e. The number of benzene rings is 1. The molecule has 2 heterocycles. The molecule has 1 aromatic carbocycles. The highest BCUT2D eigenvalue weighted by molar-refractivity contribution is 6.31. The lowest BCUT2D eigenvalue weighted by Crippen LogP contribution is -2.42. The standard InChI is InChI=1S/C18H22ClNO/c1-11-2-3-15(9-17(11)19)18(21)20-10-14-5-12-4-13(6-14)8-16(20)7-12/h2-3,9,12-14,16H,4-8,10H2,1H3. The van der Waals surface area contributed by atoms with Crippen molar-refractivity contribution in [2.45, 2.75) is 45.1 Å². The van der Waals surface area contributed by atoms with Gasteiger partial charge in [0.1, 0.15) is 0 Å². The Morgan fingerprint density at radius 3 is 2.43 bits per heavy atom. The number of carbonyl (C=O) groups excluding carboxylic acids is 1. The lowest BCUT2D eigenvalue weighted by Gasteiger charge is -2.39. The summed E-state index contributed by atoms with van der Waals surface area (Å²) in [7, 11) is 0. The molecule has 0 radical (unpaired) electrons. The van der Waals surface area contributed by atoms with E-state index in [1.54, 1.807) is 0 Å². The lowest BCUT2D eigenvalue weighted by atomic mass is 9.68. The van der Waals surface area contributed by atoms with Crippen LogP contribution in [-0.2, 0) is 0 Å². The highest BCUT2D eigenvalue weighted by Crippen LogP contribution is 2.47. The van der Waals surface area contributed by atoms with E-state index in [4.69, 9.17) is 11.6 Å². The number of amides is 1. The average Bonchev–Trinajstić information content (AvgIpc) is 2.65. The highest BCUT2D eigenvalue weighted by Gasteiger charge is 2.44. The molecular formula is C18H22ClNO. The van der Waals surface area contributed by atoms with Crippen LogP contribution >= 0.6 is 11.6 Å². The second-order valence-electron chi connectivity index (χ2n) is 7.35. The SMILES string of the molecule is Cc1ccc(C(=O)N2CC3CC4CC(C3)CC2C4)cc1Cl. The third kappa shape index (κ3) is 2.38. The van der Waals surface area contributed by atoms with Crippen molar-refractivity contribution in [2.75, 3.05) is 6.54 Å². The molecule has 4 bridgehead atoms. The summed E-state index contributed by atoms with van der Waals surface area (Å²) in [6.45, 7) is 2.94. The van der Waals surface area contributed by atoms with Gasteiger partial charge in [-0.25, -0.2) is 0 Å². The number of carbonyl (C=O) groups is 1. The maximum atomic E-state index is 12.9. The van der Waals surface area contributed by atoms with Crippen molar-refractivity contribution in [3.05, 3.63) is 34.3 Å². The number of hydrogen-bond acceptors (Lipinski definition) is 1. The number of aryl methyl sites for hydroxylation is 1. The van der Waals surface area contributed by atoms with Crippen molar-refractivity contribution >= 4 is 17.5 Å². The Bertz CT molecular complexity index is 571. The summed E-state index contributed by atoms with van der Waals surface area (Å²) in [5.74, 6) is 2.65. The van der Waals surface area contributed by atoms with E-state index in [0.29, 0.717) is 11.1 Å². The van der Waals surface area contributed by atoms with Crippen molar-refractivity contribution in [1.82, 2.24) is 4.90 Å². The third-order valence-corrected chi connectivity index (χ3v) is 6.19. The van der Waals surface area contributed by atoms with E-state index >= 15 is 0 Å². The average molecular weight is 304 g/mol. The van der Waals surface area contributed by atoms with Gasteiger partial charge in [-0.3, -0.25) is 4.79 Å². The predicted molar refractivity (Wildman–Crippen MR) is 84.6 cm³/mol. The molecule has 3 heteroatoms. The first-order valence-corrected chi connectivity index (χ1v) is 8.55. The molecule has 4 fully saturated rings. The molecule has 2 unspecified atom stereocenters. The highest BCUT2D eigenvalue weighted by atomic mass is 35.5. The summed E-state index contributed by atoms with van der Waals surface area (Å²) in [5.41, 5.74) is 1.79. The van der Waals surface area contributed by atoms with Crippen LogP contribution < -0.4 is 0 Å². The molecule has 2 aliphatic carbocycles. The second kappa shape index (κ2) is 5.01. The van der Waals surface area contributed by atoms with E-state index in [1.807, 2.05) is 25.1 Å². The molecule has 2 saturated carbocycles. The van der Waals surface area contributed by atoms with E-state index in [-0.39, 0.29) is 5.91 Å². The summed E-state index contributed by atoms with van der Waals surface area (Å²) in [6.07, 6.45) is 6.53. The molecule has 1 amide bonds. The van der Waals surface area contributed by atoms with Crippen molar-refractivity contribution < 1.29 is 4.79 Å². The second-order valence-corrected chi connectivity index (χ2v) is 7.76. The van der Waals surface area contributed by atoms with Gasteiger partial charge in [0.2, 0.25) is 0 Å². The smallest absolute Gasteiger partial charge is 0.254 e. The van der Waals surface area contributed by atoms with Crippen LogP contribution in [0.5, 0.6) is 0 Å². The van der Waals surface area contributed by atoms with E-state index in [2.05, 4.69) is 4.90 Å².